The van der Waals surface area contributed by atoms with Gasteiger partial charge in [0.05, 0.1) is 10.6 Å². The van der Waals surface area contributed by atoms with Gasteiger partial charge in [0.1, 0.15) is 18.3 Å². The van der Waals surface area contributed by atoms with E-state index in [2.05, 4.69) is 20.9 Å². The van der Waals surface area contributed by atoms with E-state index >= 15 is 0 Å². The van der Waals surface area contributed by atoms with Crippen molar-refractivity contribution in [3.63, 3.8) is 0 Å². The highest BCUT2D eigenvalue weighted by Gasteiger charge is 2.53. The molecule has 136 valence electrons. The van der Waals surface area contributed by atoms with Gasteiger partial charge in [-0.1, -0.05) is 0 Å². The number of thioether (sulfide) groups is 1. The number of nitrogens with zero attached hydrogens (tertiary/aromatic N) is 3. The minimum atomic E-state index is -0.572. The van der Waals surface area contributed by atoms with E-state index in [-0.39, 0.29) is 22.9 Å². The maximum Gasteiger partial charge on any atom is 0.330 e. The van der Waals surface area contributed by atoms with E-state index in [1.54, 1.807) is 35.0 Å². The fraction of sp³-hybridized carbons (Fsp3) is 0.412. The molecule has 4 heterocycles. The molecule has 26 heavy (non-hydrogen) atoms. The molecule has 7 nitrogen and oxygen atoms in total. The van der Waals surface area contributed by atoms with Crippen molar-refractivity contribution in [2.45, 2.75) is 37.3 Å². The van der Waals surface area contributed by atoms with E-state index in [9.17, 15) is 14.4 Å². The van der Waals surface area contributed by atoms with E-state index in [1.165, 1.54) is 10.5 Å². The number of fused-ring (bicyclic) bond motifs is 2. The van der Waals surface area contributed by atoms with Gasteiger partial charge in [0, 0.05) is 28.9 Å². The van der Waals surface area contributed by atoms with Crippen molar-refractivity contribution in [3.8, 4) is 0 Å². The van der Waals surface area contributed by atoms with Gasteiger partial charge in [0.25, 0.3) is 5.56 Å². The molecule has 0 radical (unpaired) electrons. The number of pyridine rings is 1. The summed E-state index contributed by atoms with van der Waals surface area (Å²) in [5.74, 6) is 0.0736. The first-order chi connectivity index (χ1) is 12.4. The average molecular weight is 438 g/mol. The number of amides is 1. The number of carbonyl (C=O) groups is 2. The lowest BCUT2D eigenvalue weighted by atomic mass is 10.2. The molecule has 0 spiro atoms. The van der Waals surface area contributed by atoms with Crippen LogP contribution in [0.3, 0.4) is 0 Å². The van der Waals surface area contributed by atoms with Gasteiger partial charge >= 0.3 is 5.97 Å². The van der Waals surface area contributed by atoms with Crippen LogP contribution in [0.4, 0.5) is 0 Å². The Bertz CT molecular complexity index is 978. The van der Waals surface area contributed by atoms with Crippen LogP contribution >= 0.6 is 27.7 Å². The molecule has 0 aliphatic carbocycles. The van der Waals surface area contributed by atoms with Crippen molar-refractivity contribution >= 4 is 45.2 Å². The summed E-state index contributed by atoms with van der Waals surface area (Å²) in [7, 11) is 0. The van der Waals surface area contributed by atoms with Gasteiger partial charge in [-0.2, -0.15) is 0 Å². The molecule has 0 saturated carbocycles. The number of hydrogen-bond acceptors (Lipinski definition) is 6. The van der Waals surface area contributed by atoms with E-state index in [0.717, 1.165) is 10.9 Å². The van der Waals surface area contributed by atoms with Gasteiger partial charge in [0.2, 0.25) is 5.91 Å². The third kappa shape index (κ3) is 2.92. The lowest BCUT2D eigenvalue weighted by Gasteiger charge is -2.29. The predicted octanol–water partition coefficient (Wildman–Crippen LogP) is 1.95. The lowest BCUT2D eigenvalue weighted by Crippen LogP contribution is -2.46. The van der Waals surface area contributed by atoms with E-state index in [1.807, 2.05) is 6.92 Å². The smallest absolute Gasteiger partial charge is 0.330 e. The van der Waals surface area contributed by atoms with Crippen molar-refractivity contribution < 1.29 is 14.3 Å². The summed E-state index contributed by atoms with van der Waals surface area (Å²) in [5, 5.41) is 0. The zero-order chi connectivity index (χ0) is 18.5. The van der Waals surface area contributed by atoms with Crippen LogP contribution in [-0.4, -0.2) is 42.8 Å². The summed E-state index contributed by atoms with van der Waals surface area (Å²) in [6, 6.07) is 4.27. The third-order valence-corrected chi connectivity index (χ3v) is 6.73. The van der Waals surface area contributed by atoms with Crippen molar-refractivity contribution in [2.75, 3.05) is 5.75 Å². The largest absolute Gasteiger partial charge is 0.458 e. The minimum absolute atomic E-state index is 0.00731. The van der Waals surface area contributed by atoms with Crippen LogP contribution in [-0.2, 0) is 20.9 Å². The van der Waals surface area contributed by atoms with Crippen LogP contribution in [0.2, 0.25) is 0 Å². The Kier molecular flexibility index (Phi) is 4.31. The van der Waals surface area contributed by atoms with Gasteiger partial charge in [-0.25, -0.2) is 9.78 Å². The summed E-state index contributed by atoms with van der Waals surface area (Å²) >= 11 is 4.93. The van der Waals surface area contributed by atoms with Crippen molar-refractivity contribution in [1.82, 2.24) is 14.3 Å². The first-order valence-corrected chi connectivity index (χ1v) is 9.96. The summed E-state index contributed by atoms with van der Waals surface area (Å²) in [4.78, 5) is 42.5. The average Bonchev–Trinajstić information content (AvgIpc) is 3.10. The second kappa shape index (κ2) is 6.38. The fourth-order valence-electron chi connectivity index (χ4n) is 3.44. The molecule has 2 aromatic heterocycles. The number of hydrogen-bond donors (Lipinski definition) is 0. The highest BCUT2D eigenvalue weighted by Crippen LogP contribution is 2.47. The Morgan fingerprint density at radius 1 is 1.46 bits per heavy atom. The number of rotatable bonds is 3. The van der Waals surface area contributed by atoms with E-state index in [4.69, 9.17) is 4.74 Å². The second-order valence-corrected chi connectivity index (χ2v) is 8.95. The third-order valence-electron chi connectivity index (χ3n) is 4.76. The highest BCUT2D eigenvalue weighted by molar-refractivity contribution is 9.10. The molecule has 2 fully saturated rings. The quantitative estimate of drug-likeness (QED) is 0.682. The van der Waals surface area contributed by atoms with Crippen LogP contribution in [0.15, 0.2) is 33.7 Å². The van der Waals surface area contributed by atoms with Crippen LogP contribution in [0.25, 0.3) is 5.65 Å². The standard InChI is InChI=1S/C17H16BrN3O4S/c1-17-5-4-14(22)21(17)12(9-26-17)16(24)25-8-11-6-15(23)20-7-10(18)2-3-13(20)19-11/h2-3,6-7,12H,4-5,8-9H2,1H3/t12-,17+/m1/s1. The maximum absolute atomic E-state index is 12.5. The molecule has 2 atom stereocenters. The number of aromatic nitrogens is 2. The van der Waals surface area contributed by atoms with Crippen LogP contribution in [0.5, 0.6) is 0 Å². The molecule has 0 N–H and O–H groups in total. The number of ether oxygens (including phenoxy) is 1. The minimum Gasteiger partial charge on any atom is -0.458 e. The number of halogens is 1. The number of carbonyl (C=O) groups excluding carboxylic acids is 2. The first kappa shape index (κ1) is 17.5. The van der Waals surface area contributed by atoms with E-state index < -0.39 is 12.0 Å². The molecule has 0 aromatic carbocycles. The summed E-state index contributed by atoms with van der Waals surface area (Å²) in [6.07, 6.45) is 2.85. The monoisotopic (exact) mass is 437 g/mol. The van der Waals surface area contributed by atoms with Crippen LogP contribution in [0, 0.1) is 0 Å². The van der Waals surface area contributed by atoms with Crippen LogP contribution < -0.4 is 5.56 Å². The Labute approximate surface area is 161 Å². The van der Waals surface area contributed by atoms with Gasteiger partial charge in [0.15, 0.2) is 0 Å². The molecule has 2 aliphatic rings. The topological polar surface area (TPSA) is 81.0 Å². The van der Waals surface area contributed by atoms with Gasteiger partial charge in [-0.3, -0.25) is 14.0 Å². The van der Waals surface area contributed by atoms with Crippen molar-refractivity contribution in [3.05, 3.63) is 44.9 Å². The second-order valence-electron chi connectivity index (χ2n) is 6.53. The molecule has 2 saturated heterocycles. The molecule has 2 aromatic rings. The molecule has 2 aliphatic heterocycles. The first-order valence-electron chi connectivity index (χ1n) is 8.18. The zero-order valence-corrected chi connectivity index (χ0v) is 16.4. The molecular weight excluding hydrogens is 422 g/mol. The fourth-order valence-corrected chi connectivity index (χ4v) is 5.19. The Morgan fingerprint density at radius 3 is 3.08 bits per heavy atom. The Hall–Kier alpha value is -1.87. The van der Waals surface area contributed by atoms with Crippen molar-refractivity contribution in [1.29, 1.82) is 0 Å². The Balaban J connectivity index is 1.50. The number of esters is 1. The summed E-state index contributed by atoms with van der Waals surface area (Å²) in [5.41, 5.74) is 0.610. The molecule has 9 heteroatoms. The molecule has 4 rings (SSSR count). The van der Waals surface area contributed by atoms with Crippen molar-refractivity contribution in [2.24, 2.45) is 0 Å². The Morgan fingerprint density at radius 2 is 2.27 bits per heavy atom. The predicted molar refractivity (Wildman–Crippen MR) is 99.7 cm³/mol. The molecule has 0 unspecified atom stereocenters. The molecule has 1 amide bonds. The maximum atomic E-state index is 12.5. The summed E-state index contributed by atoms with van der Waals surface area (Å²) < 4.78 is 7.56. The van der Waals surface area contributed by atoms with E-state index in [0.29, 0.717) is 23.5 Å². The SMILES string of the molecule is C[C@]12CCC(=O)N1[C@@H](C(=O)OCc1cc(=O)n3cc(Br)ccc3n1)CS2. The molecule has 0 bridgehead atoms. The van der Waals surface area contributed by atoms with Gasteiger partial charge in [-0.05, 0) is 41.4 Å². The van der Waals surface area contributed by atoms with Gasteiger partial charge < -0.3 is 9.64 Å². The summed E-state index contributed by atoms with van der Waals surface area (Å²) in [6.45, 7) is 1.89. The molecular formula is C17H16BrN3O4S. The van der Waals surface area contributed by atoms with Crippen LogP contribution in [0.1, 0.15) is 25.5 Å². The normalized spacial score (nSPS) is 24.9. The zero-order valence-electron chi connectivity index (χ0n) is 14.0. The van der Waals surface area contributed by atoms with Gasteiger partial charge in [-0.15, -0.1) is 11.8 Å². The lowest BCUT2D eigenvalue weighted by molar-refractivity contribution is -0.154. The highest BCUT2D eigenvalue weighted by atomic mass is 79.9.